The minimum Gasteiger partial charge on any atom is -0.508 e. The van der Waals surface area contributed by atoms with Gasteiger partial charge in [0.15, 0.2) is 0 Å². The van der Waals surface area contributed by atoms with Crippen LogP contribution in [0.2, 0.25) is 0 Å². The van der Waals surface area contributed by atoms with Gasteiger partial charge in [0.2, 0.25) is 0 Å². The van der Waals surface area contributed by atoms with Crippen molar-refractivity contribution in [2.45, 2.75) is 9.79 Å². The molecule has 58 valence electrons. The zero-order chi connectivity index (χ0) is 7.68. The average molecular weight is 184 g/mol. The van der Waals surface area contributed by atoms with Crippen molar-refractivity contribution in [3.8, 4) is 5.75 Å². The van der Waals surface area contributed by atoms with Crippen LogP contribution in [0.15, 0.2) is 28.0 Å². The monoisotopic (exact) mass is 184 g/mol. The van der Waals surface area contributed by atoms with E-state index in [1.165, 1.54) is 15.5 Å². The lowest BCUT2D eigenvalue weighted by Gasteiger charge is -2.13. The second-order valence-electron chi connectivity index (χ2n) is 2.33. The molecule has 0 fully saturated rings. The molecule has 1 heterocycles. The van der Waals surface area contributed by atoms with Gasteiger partial charge in [-0.2, -0.15) is 0 Å². The molecule has 1 aromatic rings. The van der Waals surface area contributed by atoms with Crippen LogP contribution in [0.25, 0.3) is 0 Å². The fourth-order valence-corrected chi connectivity index (χ4v) is 3.27. The van der Waals surface area contributed by atoms with Gasteiger partial charge in [-0.3, -0.25) is 0 Å². The summed E-state index contributed by atoms with van der Waals surface area (Å²) in [6.45, 7) is 0. The third kappa shape index (κ3) is 1.49. The van der Waals surface area contributed by atoms with Crippen LogP contribution in [0.4, 0.5) is 0 Å². The number of phenols is 1. The number of thioether (sulfide) groups is 2. The summed E-state index contributed by atoms with van der Waals surface area (Å²) in [5.74, 6) is 2.71. The van der Waals surface area contributed by atoms with Gasteiger partial charge in [-0.1, -0.05) is 0 Å². The molecule has 0 saturated heterocycles. The number of benzene rings is 1. The second-order valence-corrected chi connectivity index (χ2v) is 4.60. The molecule has 1 aliphatic rings. The minimum absolute atomic E-state index is 0.374. The van der Waals surface area contributed by atoms with Crippen molar-refractivity contribution in [1.29, 1.82) is 0 Å². The number of hydrogen-bond acceptors (Lipinski definition) is 3. The Morgan fingerprint density at radius 2 is 1.82 bits per heavy atom. The molecule has 3 heteroatoms. The Hall–Kier alpha value is -0.280. The molecule has 0 atom stereocenters. The SMILES string of the molecule is Oc1ccc2c(c1)SCCS2. The second kappa shape index (κ2) is 2.99. The fraction of sp³-hybridized carbons (Fsp3) is 0.250. The molecule has 11 heavy (non-hydrogen) atoms. The van der Waals surface area contributed by atoms with Crippen LogP contribution in [0.1, 0.15) is 0 Å². The van der Waals surface area contributed by atoms with Gasteiger partial charge in [0.1, 0.15) is 5.75 Å². The Balaban J connectivity index is 2.43. The van der Waals surface area contributed by atoms with Crippen molar-refractivity contribution in [3.05, 3.63) is 18.2 Å². The summed E-state index contributed by atoms with van der Waals surface area (Å²) in [4.78, 5) is 2.53. The molecule has 0 unspecified atom stereocenters. The van der Waals surface area contributed by atoms with Crippen molar-refractivity contribution < 1.29 is 5.11 Å². The highest BCUT2D eigenvalue weighted by Crippen LogP contribution is 2.38. The quantitative estimate of drug-likeness (QED) is 0.669. The number of phenolic OH excluding ortho intramolecular Hbond substituents is 1. The molecule has 0 aromatic heterocycles. The Morgan fingerprint density at radius 1 is 1.09 bits per heavy atom. The Morgan fingerprint density at radius 3 is 2.64 bits per heavy atom. The smallest absolute Gasteiger partial charge is 0.116 e. The summed E-state index contributed by atoms with van der Waals surface area (Å²) in [7, 11) is 0. The molecular weight excluding hydrogens is 176 g/mol. The zero-order valence-corrected chi connectivity index (χ0v) is 7.54. The molecule has 0 aliphatic carbocycles. The minimum atomic E-state index is 0.374. The van der Waals surface area contributed by atoms with Crippen molar-refractivity contribution in [2.24, 2.45) is 0 Å². The molecule has 0 radical (unpaired) electrons. The van der Waals surface area contributed by atoms with Crippen LogP contribution in [-0.4, -0.2) is 16.6 Å². The largest absolute Gasteiger partial charge is 0.508 e. The summed E-state index contributed by atoms with van der Waals surface area (Å²) < 4.78 is 0. The topological polar surface area (TPSA) is 20.2 Å². The summed E-state index contributed by atoms with van der Waals surface area (Å²) in [6.07, 6.45) is 0. The molecule has 2 rings (SSSR count). The third-order valence-electron chi connectivity index (χ3n) is 1.53. The molecule has 1 aromatic carbocycles. The lowest BCUT2D eigenvalue weighted by atomic mass is 10.3. The first-order valence-electron chi connectivity index (χ1n) is 3.45. The van der Waals surface area contributed by atoms with E-state index >= 15 is 0 Å². The molecule has 1 aliphatic heterocycles. The van der Waals surface area contributed by atoms with Crippen LogP contribution in [-0.2, 0) is 0 Å². The van der Waals surface area contributed by atoms with Gasteiger partial charge in [-0.25, -0.2) is 0 Å². The van der Waals surface area contributed by atoms with E-state index in [-0.39, 0.29) is 0 Å². The van der Waals surface area contributed by atoms with E-state index < -0.39 is 0 Å². The van der Waals surface area contributed by atoms with Crippen molar-refractivity contribution in [3.63, 3.8) is 0 Å². The molecule has 0 saturated carbocycles. The van der Waals surface area contributed by atoms with Crippen LogP contribution < -0.4 is 0 Å². The Labute approximate surface area is 74.2 Å². The van der Waals surface area contributed by atoms with E-state index in [2.05, 4.69) is 0 Å². The maximum Gasteiger partial charge on any atom is 0.116 e. The zero-order valence-electron chi connectivity index (χ0n) is 5.91. The van der Waals surface area contributed by atoms with Crippen molar-refractivity contribution in [1.82, 2.24) is 0 Å². The van der Waals surface area contributed by atoms with E-state index in [0.29, 0.717) is 5.75 Å². The van der Waals surface area contributed by atoms with Gasteiger partial charge < -0.3 is 5.11 Å². The van der Waals surface area contributed by atoms with E-state index in [9.17, 15) is 0 Å². The van der Waals surface area contributed by atoms with E-state index in [4.69, 9.17) is 5.11 Å². The predicted molar refractivity (Wildman–Crippen MR) is 49.6 cm³/mol. The summed E-state index contributed by atoms with van der Waals surface area (Å²) in [6, 6.07) is 5.57. The third-order valence-corrected chi connectivity index (χ3v) is 4.05. The summed E-state index contributed by atoms with van der Waals surface area (Å²) in [5, 5.41) is 9.17. The van der Waals surface area contributed by atoms with Gasteiger partial charge in [0.05, 0.1) is 0 Å². The molecule has 1 N–H and O–H groups in total. The Bertz CT molecular complexity index is 273. The first-order chi connectivity index (χ1) is 5.36. The van der Waals surface area contributed by atoms with E-state index in [1.807, 2.05) is 35.7 Å². The lowest BCUT2D eigenvalue weighted by Crippen LogP contribution is -1.92. The molecule has 0 bridgehead atoms. The van der Waals surface area contributed by atoms with E-state index in [0.717, 1.165) is 5.75 Å². The molecule has 0 spiro atoms. The molecular formula is C8H8OS2. The van der Waals surface area contributed by atoms with Crippen LogP contribution in [0, 0.1) is 0 Å². The Kier molecular flexibility index (Phi) is 2.00. The number of rotatable bonds is 0. The fourth-order valence-electron chi connectivity index (χ4n) is 1.03. The van der Waals surface area contributed by atoms with E-state index in [1.54, 1.807) is 6.07 Å². The summed E-state index contributed by atoms with van der Waals surface area (Å²) >= 11 is 3.69. The highest BCUT2D eigenvalue weighted by atomic mass is 32.2. The van der Waals surface area contributed by atoms with Crippen molar-refractivity contribution in [2.75, 3.05) is 11.5 Å². The van der Waals surface area contributed by atoms with Crippen molar-refractivity contribution >= 4 is 23.5 Å². The van der Waals surface area contributed by atoms with Gasteiger partial charge in [0.25, 0.3) is 0 Å². The van der Waals surface area contributed by atoms with Gasteiger partial charge in [-0.15, -0.1) is 23.5 Å². The van der Waals surface area contributed by atoms with Gasteiger partial charge in [-0.05, 0) is 18.2 Å². The predicted octanol–water partition coefficient (Wildman–Crippen LogP) is 2.59. The van der Waals surface area contributed by atoms with Crippen LogP contribution in [0.3, 0.4) is 0 Å². The molecule has 1 nitrogen and oxygen atoms in total. The van der Waals surface area contributed by atoms with Gasteiger partial charge >= 0.3 is 0 Å². The van der Waals surface area contributed by atoms with Crippen LogP contribution in [0.5, 0.6) is 5.75 Å². The first-order valence-corrected chi connectivity index (χ1v) is 5.42. The maximum atomic E-state index is 9.17. The highest BCUT2D eigenvalue weighted by molar-refractivity contribution is 8.05. The average Bonchev–Trinajstić information content (AvgIpc) is 2.04. The number of hydrogen-bond donors (Lipinski definition) is 1. The first kappa shape index (κ1) is 7.37. The summed E-state index contributed by atoms with van der Waals surface area (Å²) in [5.41, 5.74) is 0. The highest BCUT2D eigenvalue weighted by Gasteiger charge is 2.09. The lowest BCUT2D eigenvalue weighted by molar-refractivity contribution is 0.473. The van der Waals surface area contributed by atoms with Crippen LogP contribution >= 0.6 is 23.5 Å². The maximum absolute atomic E-state index is 9.17. The number of aromatic hydroxyl groups is 1. The standard InChI is InChI=1S/C8H8OS2/c9-6-1-2-7-8(5-6)11-4-3-10-7/h1-2,5,9H,3-4H2. The van der Waals surface area contributed by atoms with Gasteiger partial charge in [0, 0.05) is 21.3 Å². The molecule has 0 amide bonds. The number of fused-ring (bicyclic) bond motifs is 1. The normalized spacial score (nSPS) is 16.0.